The van der Waals surface area contributed by atoms with Crippen molar-refractivity contribution in [2.75, 3.05) is 31.1 Å². The molecule has 2 heterocycles. The fraction of sp³-hybridized carbons (Fsp3) is 0.273. The minimum Gasteiger partial charge on any atom is -0.366 e. The summed E-state index contributed by atoms with van der Waals surface area (Å²) >= 11 is 0. The van der Waals surface area contributed by atoms with E-state index >= 15 is 0 Å². The topological polar surface area (TPSA) is 36.4 Å². The van der Waals surface area contributed by atoms with Crippen LogP contribution in [0, 0.1) is 13.8 Å². The normalized spacial score (nSPS) is 14.7. The molecule has 0 spiro atoms. The van der Waals surface area contributed by atoms with Gasteiger partial charge < -0.3 is 9.80 Å². The van der Waals surface area contributed by atoms with E-state index < -0.39 is 0 Å². The summed E-state index contributed by atoms with van der Waals surface area (Å²) in [4.78, 5) is 21.7. The van der Waals surface area contributed by atoms with E-state index in [9.17, 15) is 4.79 Å². The molecule has 1 aromatic heterocycles. The monoisotopic (exact) mass is 345 g/mol. The molecule has 1 saturated heterocycles. The second kappa shape index (κ2) is 6.79. The van der Waals surface area contributed by atoms with Crippen molar-refractivity contribution in [3.63, 3.8) is 0 Å². The van der Waals surface area contributed by atoms with Gasteiger partial charge in [0, 0.05) is 43.3 Å². The second-order valence-corrected chi connectivity index (χ2v) is 6.93. The number of nitrogens with zero attached hydrogens (tertiary/aromatic N) is 3. The molecule has 1 aliphatic rings. The number of benzene rings is 2. The third kappa shape index (κ3) is 3.03. The van der Waals surface area contributed by atoms with Gasteiger partial charge in [0.2, 0.25) is 0 Å². The molecule has 0 N–H and O–H groups in total. The number of carbonyl (C=O) groups is 1. The third-order valence-electron chi connectivity index (χ3n) is 5.27. The van der Waals surface area contributed by atoms with Crippen LogP contribution < -0.4 is 4.90 Å². The average molecular weight is 345 g/mol. The lowest BCUT2D eigenvalue weighted by atomic mass is 10.1. The van der Waals surface area contributed by atoms with Gasteiger partial charge in [0.25, 0.3) is 5.91 Å². The molecule has 0 unspecified atom stereocenters. The molecular weight excluding hydrogens is 322 g/mol. The Kier molecular flexibility index (Phi) is 4.33. The van der Waals surface area contributed by atoms with E-state index in [1.807, 2.05) is 35.4 Å². The number of hydrogen-bond acceptors (Lipinski definition) is 3. The number of carbonyl (C=O) groups excluding carboxylic acids is 1. The largest absolute Gasteiger partial charge is 0.366 e. The molecule has 4 nitrogen and oxygen atoms in total. The number of hydrogen-bond donors (Lipinski definition) is 0. The van der Waals surface area contributed by atoms with Crippen LogP contribution in [0.15, 0.2) is 54.7 Å². The van der Waals surface area contributed by atoms with Gasteiger partial charge >= 0.3 is 0 Å². The van der Waals surface area contributed by atoms with Crippen molar-refractivity contribution in [1.82, 2.24) is 9.88 Å². The lowest BCUT2D eigenvalue weighted by Gasteiger charge is -2.36. The van der Waals surface area contributed by atoms with Crippen molar-refractivity contribution in [2.45, 2.75) is 13.8 Å². The molecule has 0 saturated carbocycles. The highest BCUT2D eigenvalue weighted by Gasteiger charge is 2.23. The van der Waals surface area contributed by atoms with Crippen LogP contribution in [-0.4, -0.2) is 42.0 Å². The molecule has 3 aromatic rings. The molecule has 26 heavy (non-hydrogen) atoms. The Balaban J connectivity index is 1.50. The molecule has 4 rings (SSSR count). The molecule has 0 bridgehead atoms. The molecule has 0 aliphatic carbocycles. The van der Waals surface area contributed by atoms with E-state index in [1.54, 1.807) is 0 Å². The van der Waals surface area contributed by atoms with Crippen LogP contribution in [0.5, 0.6) is 0 Å². The molecule has 4 heteroatoms. The van der Waals surface area contributed by atoms with Crippen molar-refractivity contribution >= 4 is 22.5 Å². The van der Waals surface area contributed by atoms with E-state index in [4.69, 9.17) is 0 Å². The summed E-state index contributed by atoms with van der Waals surface area (Å²) in [7, 11) is 0. The van der Waals surface area contributed by atoms with Gasteiger partial charge in [-0.2, -0.15) is 0 Å². The molecule has 1 fully saturated rings. The van der Waals surface area contributed by atoms with Crippen LogP contribution in [0.25, 0.3) is 10.9 Å². The molecule has 1 aliphatic heterocycles. The highest BCUT2D eigenvalue weighted by Crippen LogP contribution is 2.26. The van der Waals surface area contributed by atoms with Gasteiger partial charge in [0.05, 0.1) is 11.2 Å². The van der Waals surface area contributed by atoms with Gasteiger partial charge in [-0.25, -0.2) is 0 Å². The Morgan fingerprint density at radius 2 is 1.69 bits per heavy atom. The number of para-hydroxylation sites is 1. The number of anilines is 1. The summed E-state index contributed by atoms with van der Waals surface area (Å²) in [5, 5.41) is 1.15. The number of piperazine rings is 1. The van der Waals surface area contributed by atoms with Crippen molar-refractivity contribution < 1.29 is 4.79 Å². The summed E-state index contributed by atoms with van der Waals surface area (Å²) < 4.78 is 0. The summed E-state index contributed by atoms with van der Waals surface area (Å²) in [6.45, 7) is 7.24. The van der Waals surface area contributed by atoms with E-state index in [2.05, 4.69) is 48.0 Å². The summed E-state index contributed by atoms with van der Waals surface area (Å²) in [5.41, 5.74) is 5.35. The Morgan fingerprint density at radius 1 is 0.923 bits per heavy atom. The predicted molar refractivity (Wildman–Crippen MR) is 106 cm³/mol. The van der Waals surface area contributed by atoms with Crippen molar-refractivity contribution in [1.29, 1.82) is 0 Å². The van der Waals surface area contributed by atoms with E-state index in [0.717, 1.165) is 53.9 Å². The minimum absolute atomic E-state index is 0.129. The maximum absolute atomic E-state index is 12.8. The zero-order valence-electron chi connectivity index (χ0n) is 15.3. The summed E-state index contributed by atoms with van der Waals surface area (Å²) in [6.07, 6.45) is 1.84. The molecule has 2 aromatic carbocycles. The Bertz CT molecular complexity index is 953. The fourth-order valence-corrected chi connectivity index (χ4v) is 3.55. The maximum Gasteiger partial charge on any atom is 0.253 e. The second-order valence-electron chi connectivity index (χ2n) is 6.93. The first kappa shape index (κ1) is 16.6. The molecule has 1 amide bonds. The van der Waals surface area contributed by atoms with Crippen molar-refractivity contribution in [2.24, 2.45) is 0 Å². The van der Waals surface area contributed by atoms with Gasteiger partial charge in [0.15, 0.2) is 0 Å². The van der Waals surface area contributed by atoms with Gasteiger partial charge in [-0.05, 0) is 49.2 Å². The molecule has 0 radical (unpaired) electrons. The van der Waals surface area contributed by atoms with Gasteiger partial charge in [-0.1, -0.05) is 24.3 Å². The van der Waals surface area contributed by atoms with E-state index in [1.165, 1.54) is 5.56 Å². The maximum atomic E-state index is 12.8. The fourth-order valence-electron chi connectivity index (χ4n) is 3.55. The quantitative estimate of drug-likeness (QED) is 0.708. The van der Waals surface area contributed by atoms with E-state index in [-0.39, 0.29) is 5.91 Å². The zero-order valence-corrected chi connectivity index (χ0v) is 15.3. The van der Waals surface area contributed by atoms with Crippen LogP contribution in [-0.2, 0) is 0 Å². The van der Waals surface area contributed by atoms with Crippen molar-refractivity contribution in [3.05, 3.63) is 71.4 Å². The number of pyridine rings is 1. The first-order chi connectivity index (χ1) is 12.6. The van der Waals surface area contributed by atoms with Crippen LogP contribution in [0.3, 0.4) is 0 Å². The number of rotatable bonds is 2. The average Bonchev–Trinajstić information content (AvgIpc) is 2.69. The molecule has 132 valence electrons. The first-order valence-electron chi connectivity index (χ1n) is 9.09. The summed E-state index contributed by atoms with van der Waals surface area (Å²) in [5.74, 6) is 0.129. The summed E-state index contributed by atoms with van der Waals surface area (Å²) in [6, 6.07) is 16.3. The first-order valence-corrected chi connectivity index (χ1v) is 9.09. The van der Waals surface area contributed by atoms with Crippen molar-refractivity contribution in [3.8, 4) is 0 Å². The lowest BCUT2D eigenvalue weighted by Crippen LogP contribution is -2.48. The predicted octanol–water partition coefficient (Wildman–Crippen LogP) is 3.81. The number of fused-ring (bicyclic) bond motifs is 1. The zero-order chi connectivity index (χ0) is 18.1. The van der Waals surface area contributed by atoms with E-state index in [0.29, 0.717) is 0 Å². The highest BCUT2D eigenvalue weighted by atomic mass is 16.2. The van der Waals surface area contributed by atoms with Gasteiger partial charge in [-0.3, -0.25) is 9.78 Å². The standard InChI is InChI=1S/C22H23N3O/c1-16-8-9-19(15-17(16)2)22(26)25-13-11-24(12-14-25)20-7-3-5-18-6-4-10-23-21(18)20/h3-10,15H,11-14H2,1-2H3. The minimum atomic E-state index is 0.129. The number of aromatic nitrogens is 1. The third-order valence-corrected chi connectivity index (χ3v) is 5.27. The Hall–Kier alpha value is -2.88. The van der Waals surface area contributed by atoms with Gasteiger partial charge in [0.1, 0.15) is 0 Å². The number of aryl methyl sites for hydroxylation is 2. The van der Waals surface area contributed by atoms with Crippen LogP contribution in [0.4, 0.5) is 5.69 Å². The smallest absolute Gasteiger partial charge is 0.253 e. The van der Waals surface area contributed by atoms with Crippen LogP contribution >= 0.6 is 0 Å². The SMILES string of the molecule is Cc1ccc(C(=O)N2CCN(c3cccc4cccnc34)CC2)cc1C. The highest BCUT2D eigenvalue weighted by molar-refractivity contribution is 5.95. The van der Waals surface area contributed by atoms with Crippen LogP contribution in [0.2, 0.25) is 0 Å². The lowest BCUT2D eigenvalue weighted by molar-refractivity contribution is 0.0747. The molecule has 0 atom stereocenters. The van der Waals surface area contributed by atoms with Gasteiger partial charge in [-0.15, -0.1) is 0 Å². The Labute approximate surface area is 154 Å². The molecular formula is C22H23N3O. The number of amides is 1. The van der Waals surface area contributed by atoms with Crippen LogP contribution in [0.1, 0.15) is 21.5 Å². The Morgan fingerprint density at radius 3 is 2.46 bits per heavy atom.